The maximum atomic E-state index is 9.49. The van der Waals surface area contributed by atoms with Gasteiger partial charge < -0.3 is 14.6 Å². The molecule has 20 heavy (non-hydrogen) atoms. The minimum Gasteiger partial charge on any atom is -0.497 e. The first-order valence-electron chi connectivity index (χ1n) is 6.33. The summed E-state index contributed by atoms with van der Waals surface area (Å²) in [7, 11) is 1.63. The van der Waals surface area contributed by atoms with E-state index in [1.807, 2.05) is 24.3 Å². The molecule has 0 aliphatic heterocycles. The number of rotatable bonds is 5. The number of aliphatic hydroxyl groups excluding tert-OH is 1. The molecule has 0 aromatic heterocycles. The summed E-state index contributed by atoms with van der Waals surface area (Å²) in [6, 6.07) is 13.0. The van der Waals surface area contributed by atoms with Gasteiger partial charge in [0.1, 0.15) is 18.1 Å². The van der Waals surface area contributed by atoms with Crippen molar-refractivity contribution in [2.75, 3.05) is 7.11 Å². The second-order valence-corrected chi connectivity index (χ2v) is 4.91. The van der Waals surface area contributed by atoms with E-state index in [0.29, 0.717) is 17.4 Å². The number of methoxy groups -OCH3 is 1. The van der Waals surface area contributed by atoms with Gasteiger partial charge in [0.2, 0.25) is 0 Å². The molecule has 2 aromatic carbocycles. The molecule has 0 aliphatic rings. The SMILES string of the molecule is COc1cccc(COc2ccc([C@H](C)O)cc2Cl)c1. The highest BCUT2D eigenvalue weighted by Crippen LogP contribution is 2.28. The lowest BCUT2D eigenvalue weighted by molar-refractivity contribution is 0.199. The molecule has 0 saturated carbocycles. The van der Waals surface area contributed by atoms with Crippen LogP contribution in [-0.4, -0.2) is 12.2 Å². The monoisotopic (exact) mass is 292 g/mol. The van der Waals surface area contributed by atoms with E-state index in [-0.39, 0.29) is 0 Å². The summed E-state index contributed by atoms with van der Waals surface area (Å²) in [5.41, 5.74) is 1.77. The first-order valence-corrected chi connectivity index (χ1v) is 6.71. The van der Waals surface area contributed by atoms with Gasteiger partial charge in [0, 0.05) is 0 Å². The number of halogens is 1. The lowest BCUT2D eigenvalue weighted by Gasteiger charge is -2.11. The molecular formula is C16H17ClO3. The second kappa shape index (κ2) is 6.64. The van der Waals surface area contributed by atoms with E-state index in [9.17, 15) is 5.11 Å². The van der Waals surface area contributed by atoms with Gasteiger partial charge in [-0.05, 0) is 42.3 Å². The van der Waals surface area contributed by atoms with Gasteiger partial charge in [0.25, 0.3) is 0 Å². The van der Waals surface area contributed by atoms with E-state index in [2.05, 4.69) is 0 Å². The Balaban J connectivity index is 2.07. The van der Waals surface area contributed by atoms with E-state index in [4.69, 9.17) is 21.1 Å². The van der Waals surface area contributed by atoms with E-state index < -0.39 is 6.10 Å². The Morgan fingerprint density at radius 3 is 2.65 bits per heavy atom. The molecule has 0 amide bonds. The average molecular weight is 293 g/mol. The number of hydrogen-bond acceptors (Lipinski definition) is 3. The third-order valence-corrected chi connectivity index (χ3v) is 3.26. The summed E-state index contributed by atoms with van der Waals surface area (Å²) in [5.74, 6) is 1.39. The Hall–Kier alpha value is -1.71. The molecule has 4 heteroatoms. The van der Waals surface area contributed by atoms with Crippen molar-refractivity contribution in [2.45, 2.75) is 19.6 Å². The molecule has 3 nitrogen and oxygen atoms in total. The maximum absolute atomic E-state index is 9.49. The largest absolute Gasteiger partial charge is 0.497 e. The van der Waals surface area contributed by atoms with Crippen LogP contribution in [0.1, 0.15) is 24.2 Å². The molecule has 2 aromatic rings. The van der Waals surface area contributed by atoms with Crippen molar-refractivity contribution in [2.24, 2.45) is 0 Å². The molecule has 1 N–H and O–H groups in total. The molecule has 0 unspecified atom stereocenters. The van der Waals surface area contributed by atoms with Gasteiger partial charge in [-0.1, -0.05) is 29.8 Å². The van der Waals surface area contributed by atoms with Crippen LogP contribution < -0.4 is 9.47 Å². The third-order valence-electron chi connectivity index (χ3n) is 2.97. The van der Waals surface area contributed by atoms with Crippen molar-refractivity contribution in [3.05, 3.63) is 58.6 Å². The lowest BCUT2D eigenvalue weighted by atomic mass is 10.1. The van der Waals surface area contributed by atoms with Gasteiger partial charge in [0.15, 0.2) is 0 Å². The molecule has 0 fully saturated rings. The van der Waals surface area contributed by atoms with Crippen LogP contribution >= 0.6 is 11.6 Å². The van der Waals surface area contributed by atoms with Crippen LogP contribution in [0.3, 0.4) is 0 Å². The van der Waals surface area contributed by atoms with E-state index >= 15 is 0 Å². The lowest BCUT2D eigenvalue weighted by Crippen LogP contribution is -1.98. The van der Waals surface area contributed by atoms with E-state index in [1.54, 1.807) is 32.2 Å². The number of aliphatic hydroxyl groups is 1. The van der Waals surface area contributed by atoms with Gasteiger partial charge >= 0.3 is 0 Å². The molecule has 0 spiro atoms. The molecule has 0 saturated heterocycles. The Labute approximate surface area is 123 Å². The standard InChI is InChI=1S/C16H17ClO3/c1-11(18)13-6-7-16(15(17)9-13)20-10-12-4-3-5-14(8-12)19-2/h3-9,11,18H,10H2,1-2H3/t11-/m0/s1. The van der Waals surface area contributed by atoms with Gasteiger partial charge in [-0.25, -0.2) is 0 Å². The highest BCUT2D eigenvalue weighted by atomic mass is 35.5. The first-order chi connectivity index (χ1) is 9.60. The quantitative estimate of drug-likeness (QED) is 0.906. The molecule has 0 bridgehead atoms. The smallest absolute Gasteiger partial charge is 0.138 e. The van der Waals surface area contributed by atoms with Gasteiger partial charge in [-0.15, -0.1) is 0 Å². The summed E-state index contributed by atoms with van der Waals surface area (Å²) >= 11 is 6.14. The topological polar surface area (TPSA) is 38.7 Å². The molecule has 106 valence electrons. The first kappa shape index (κ1) is 14.7. The zero-order valence-corrected chi connectivity index (χ0v) is 12.2. The predicted octanol–water partition coefficient (Wildman–Crippen LogP) is 3.98. The molecule has 0 heterocycles. The summed E-state index contributed by atoms with van der Waals surface area (Å²) in [4.78, 5) is 0. The zero-order chi connectivity index (χ0) is 14.5. The van der Waals surface area contributed by atoms with Crippen LogP contribution in [0.15, 0.2) is 42.5 Å². The fourth-order valence-electron chi connectivity index (χ4n) is 1.82. The Morgan fingerprint density at radius 2 is 2.00 bits per heavy atom. The van der Waals surface area contributed by atoms with Crippen LogP contribution in [0.25, 0.3) is 0 Å². The van der Waals surface area contributed by atoms with E-state index in [0.717, 1.165) is 16.9 Å². The Morgan fingerprint density at radius 1 is 1.20 bits per heavy atom. The molecule has 2 rings (SSSR count). The normalized spacial score (nSPS) is 12.0. The highest BCUT2D eigenvalue weighted by molar-refractivity contribution is 6.32. The second-order valence-electron chi connectivity index (χ2n) is 4.51. The van der Waals surface area contributed by atoms with Crippen LogP contribution in [0.2, 0.25) is 5.02 Å². The van der Waals surface area contributed by atoms with Crippen LogP contribution in [0.5, 0.6) is 11.5 Å². The minimum absolute atomic E-state index is 0.408. The number of ether oxygens (including phenoxy) is 2. The predicted molar refractivity (Wildman–Crippen MR) is 79.4 cm³/mol. The van der Waals surface area contributed by atoms with Gasteiger partial charge in [-0.2, -0.15) is 0 Å². The fraction of sp³-hybridized carbons (Fsp3) is 0.250. The third kappa shape index (κ3) is 3.65. The Bertz CT molecular complexity index is 582. The van der Waals surface area contributed by atoms with Crippen molar-refractivity contribution in [3.8, 4) is 11.5 Å². The number of benzene rings is 2. The van der Waals surface area contributed by atoms with E-state index in [1.165, 1.54) is 0 Å². The summed E-state index contributed by atoms with van der Waals surface area (Å²) in [6.07, 6.45) is -0.542. The molecular weight excluding hydrogens is 276 g/mol. The van der Waals surface area contributed by atoms with Gasteiger partial charge in [0.05, 0.1) is 18.2 Å². The zero-order valence-electron chi connectivity index (χ0n) is 11.5. The maximum Gasteiger partial charge on any atom is 0.138 e. The summed E-state index contributed by atoms with van der Waals surface area (Å²) in [5, 5.41) is 9.98. The molecule has 0 radical (unpaired) electrons. The van der Waals surface area contributed by atoms with Crippen LogP contribution in [-0.2, 0) is 6.61 Å². The summed E-state index contributed by atoms with van der Waals surface area (Å²) in [6.45, 7) is 2.10. The Kier molecular flexibility index (Phi) is 4.88. The van der Waals surface area contributed by atoms with Crippen molar-refractivity contribution >= 4 is 11.6 Å². The van der Waals surface area contributed by atoms with Gasteiger partial charge in [-0.3, -0.25) is 0 Å². The van der Waals surface area contributed by atoms with Crippen LogP contribution in [0.4, 0.5) is 0 Å². The average Bonchev–Trinajstić information content (AvgIpc) is 2.46. The van der Waals surface area contributed by atoms with Crippen molar-refractivity contribution in [1.82, 2.24) is 0 Å². The fourth-order valence-corrected chi connectivity index (χ4v) is 2.06. The summed E-state index contributed by atoms with van der Waals surface area (Å²) < 4.78 is 10.9. The molecule has 1 atom stereocenters. The number of hydrogen-bond donors (Lipinski definition) is 1. The molecule has 0 aliphatic carbocycles. The van der Waals surface area contributed by atoms with Crippen molar-refractivity contribution < 1.29 is 14.6 Å². The van der Waals surface area contributed by atoms with Crippen molar-refractivity contribution in [1.29, 1.82) is 0 Å². The van der Waals surface area contributed by atoms with Crippen molar-refractivity contribution in [3.63, 3.8) is 0 Å². The minimum atomic E-state index is -0.542. The van der Waals surface area contributed by atoms with Crippen LogP contribution in [0, 0.1) is 0 Å². The highest BCUT2D eigenvalue weighted by Gasteiger charge is 2.07.